The molecule has 0 N–H and O–H groups in total. The van der Waals surface area contributed by atoms with E-state index in [4.69, 9.17) is 0 Å². The molecule has 1 heterocycles. The van der Waals surface area contributed by atoms with Crippen LogP contribution in [0.1, 0.15) is 18.1 Å². The first kappa shape index (κ1) is 10.8. The summed E-state index contributed by atoms with van der Waals surface area (Å²) >= 11 is 1.56. The lowest BCUT2D eigenvalue weighted by Gasteiger charge is -2.12. The Morgan fingerprint density at radius 1 is 1.33 bits per heavy atom. The van der Waals surface area contributed by atoms with Crippen LogP contribution in [-0.2, 0) is 10.9 Å². The number of rotatable bonds is 1. The van der Waals surface area contributed by atoms with Gasteiger partial charge in [-0.2, -0.15) is 13.2 Å². The van der Waals surface area contributed by atoms with E-state index in [1.165, 1.54) is 6.07 Å². The van der Waals surface area contributed by atoms with Gasteiger partial charge in [0.15, 0.2) is 0 Å². The summed E-state index contributed by atoms with van der Waals surface area (Å²) in [5, 5.41) is 0. The van der Waals surface area contributed by atoms with Crippen LogP contribution in [0.25, 0.3) is 0 Å². The Morgan fingerprint density at radius 2 is 1.93 bits per heavy atom. The smallest absolute Gasteiger partial charge is 0.206 e. The van der Waals surface area contributed by atoms with Crippen molar-refractivity contribution in [3.05, 3.63) is 35.1 Å². The van der Waals surface area contributed by atoms with Crippen LogP contribution in [0.15, 0.2) is 18.2 Å². The monoisotopic (exact) mass is 236 g/mol. The molecule has 15 heavy (non-hydrogen) atoms. The van der Waals surface area contributed by atoms with E-state index in [0.29, 0.717) is 5.56 Å². The van der Waals surface area contributed by atoms with Gasteiger partial charge in [-0.15, -0.1) is 11.8 Å². The molecule has 1 atom stereocenters. The third kappa shape index (κ3) is 1.97. The maximum Gasteiger partial charge on any atom is 0.419 e. The number of hydrogen-bond donors (Lipinski definition) is 0. The summed E-state index contributed by atoms with van der Waals surface area (Å²) in [5.74, 6) is -0.420. The molecule has 0 bridgehead atoms. The molecule has 0 spiro atoms. The van der Waals surface area contributed by atoms with Gasteiger partial charge in [-0.1, -0.05) is 6.07 Å². The van der Waals surface area contributed by atoms with Crippen molar-refractivity contribution in [1.82, 2.24) is 0 Å². The van der Waals surface area contributed by atoms with Gasteiger partial charge in [0.05, 0.1) is 5.56 Å². The predicted molar refractivity (Wildman–Crippen MR) is 51.2 cm³/mol. The molecule has 0 radical (unpaired) electrons. The van der Waals surface area contributed by atoms with E-state index in [9.17, 15) is 17.6 Å². The number of hydrogen-bond acceptors (Lipinski definition) is 1. The second kappa shape index (κ2) is 3.14. The molecule has 0 aromatic heterocycles. The van der Waals surface area contributed by atoms with Gasteiger partial charge in [-0.25, -0.2) is 4.39 Å². The summed E-state index contributed by atoms with van der Waals surface area (Å²) in [6, 6.07) is 3.22. The highest BCUT2D eigenvalue weighted by atomic mass is 32.2. The van der Waals surface area contributed by atoms with E-state index < -0.39 is 17.6 Å². The van der Waals surface area contributed by atoms with Crippen molar-refractivity contribution in [1.29, 1.82) is 0 Å². The van der Waals surface area contributed by atoms with Crippen molar-refractivity contribution >= 4 is 11.8 Å². The van der Waals surface area contributed by atoms with Gasteiger partial charge < -0.3 is 0 Å². The van der Waals surface area contributed by atoms with E-state index >= 15 is 0 Å². The maximum absolute atomic E-state index is 12.9. The molecular weight excluding hydrogens is 228 g/mol. The van der Waals surface area contributed by atoms with Gasteiger partial charge in [-0.05, 0) is 24.6 Å². The summed E-state index contributed by atoms with van der Waals surface area (Å²) < 4.78 is 49.9. The fourth-order valence-corrected chi connectivity index (χ4v) is 2.02. The third-order valence-electron chi connectivity index (χ3n) is 2.46. The number of benzene rings is 1. The molecule has 1 aliphatic rings. The molecule has 2 rings (SSSR count). The SMILES string of the molecule is CC1(c2ccc(F)c(C(F)(F)F)c2)CS1. The number of halogens is 4. The Balaban J connectivity index is 2.46. The summed E-state index contributed by atoms with van der Waals surface area (Å²) in [7, 11) is 0. The molecule has 1 fully saturated rings. The van der Waals surface area contributed by atoms with Gasteiger partial charge >= 0.3 is 6.18 Å². The van der Waals surface area contributed by atoms with Gasteiger partial charge in [0, 0.05) is 10.5 Å². The van der Waals surface area contributed by atoms with Gasteiger partial charge in [0.2, 0.25) is 0 Å². The maximum atomic E-state index is 12.9. The minimum atomic E-state index is -4.62. The standard InChI is InChI=1S/C10H8F4S/c1-9(5-15-9)6-2-3-8(11)7(4-6)10(12,13)14/h2-4H,5H2,1H3. The van der Waals surface area contributed by atoms with Crippen LogP contribution in [0.3, 0.4) is 0 Å². The lowest BCUT2D eigenvalue weighted by molar-refractivity contribution is -0.140. The quantitative estimate of drug-likeness (QED) is 0.528. The molecule has 0 saturated carbocycles. The summed E-state index contributed by atoms with van der Waals surface area (Å²) in [6.45, 7) is 1.85. The average Bonchev–Trinajstić information content (AvgIpc) is 2.83. The summed E-state index contributed by atoms with van der Waals surface area (Å²) in [5.41, 5.74) is -0.630. The largest absolute Gasteiger partial charge is 0.419 e. The van der Waals surface area contributed by atoms with Crippen molar-refractivity contribution in [3.63, 3.8) is 0 Å². The first-order valence-electron chi connectivity index (χ1n) is 4.34. The fourth-order valence-electron chi connectivity index (χ4n) is 1.35. The highest BCUT2D eigenvalue weighted by Gasteiger charge is 2.42. The molecular formula is C10H8F4S. The molecule has 1 aliphatic heterocycles. The minimum absolute atomic E-state index is 0.256. The number of alkyl halides is 3. The highest BCUT2D eigenvalue weighted by molar-refractivity contribution is 8.07. The molecule has 1 unspecified atom stereocenters. The van der Waals surface area contributed by atoms with Crippen LogP contribution in [0.5, 0.6) is 0 Å². The predicted octanol–water partition coefficient (Wildman–Crippen LogP) is 3.81. The average molecular weight is 236 g/mol. The summed E-state index contributed by atoms with van der Waals surface area (Å²) in [4.78, 5) is 0. The van der Waals surface area contributed by atoms with E-state index in [-0.39, 0.29) is 4.75 Å². The molecule has 1 aromatic carbocycles. The minimum Gasteiger partial charge on any atom is -0.206 e. The third-order valence-corrected chi connectivity index (χ3v) is 3.85. The molecule has 0 aliphatic carbocycles. The lowest BCUT2D eigenvalue weighted by atomic mass is 10.0. The molecule has 1 saturated heterocycles. The van der Waals surface area contributed by atoms with Crippen LogP contribution in [0.4, 0.5) is 17.6 Å². The first-order chi connectivity index (χ1) is 6.83. The molecule has 82 valence electrons. The van der Waals surface area contributed by atoms with Gasteiger partial charge in [0.1, 0.15) is 5.82 Å². The second-order valence-corrected chi connectivity index (χ2v) is 5.19. The van der Waals surface area contributed by atoms with Crippen molar-refractivity contribution in [2.45, 2.75) is 17.8 Å². The zero-order valence-corrected chi connectivity index (χ0v) is 8.68. The Morgan fingerprint density at radius 3 is 2.40 bits per heavy atom. The lowest BCUT2D eigenvalue weighted by Crippen LogP contribution is -2.11. The van der Waals surface area contributed by atoms with Crippen LogP contribution >= 0.6 is 11.8 Å². The molecule has 0 amide bonds. The van der Waals surface area contributed by atoms with Crippen LogP contribution in [0, 0.1) is 5.82 Å². The van der Waals surface area contributed by atoms with Crippen molar-refractivity contribution < 1.29 is 17.6 Å². The van der Waals surface area contributed by atoms with E-state index in [1.807, 2.05) is 6.92 Å². The van der Waals surface area contributed by atoms with Gasteiger partial charge in [0.25, 0.3) is 0 Å². The first-order valence-corrected chi connectivity index (χ1v) is 5.33. The molecule has 0 nitrogen and oxygen atoms in total. The topological polar surface area (TPSA) is 0 Å². The zero-order valence-electron chi connectivity index (χ0n) is 7.86. The van der Waals surface area contributed by atoms with E-state index in [1.54, 1.807) is 11.8 Å². The second-order valence-electron chi connectivity index (χ2n) is 3.71. The Labute approximate surface area is 88.7 Å². The highest BCUT2D eigenvalue weighted by Crippen LogP contribution is 2.53. The zero-order chi connectivity index (χ0) is 11.3. The van der Waals surface area contributed by atoms with Gasteiger partial charge in [-0.3, -0.25) is 0 Å². The van der Waals surface area contributed by atoms with E-state index in [2.05, 4.69) is 0 Å². The van der Waals surface area contributed by atoms with Crippen molar-refractivity contribution in [2.75, 3.05) is 5.75 Å². The Kier molecular flexibility index (Phi) is 2.26. The van der Waals surface area contributed by atoms with Crippen molar-refractivity contribution in [3.8, 4) is 0 Å². The van der Waals surface area contributed by atoms with Crippen LogP contribution < -0.4 is 0 Å². The van der Waals surface area contributed by atoms with Crippen molar-refractivity contribution in [2.24, 2.45) is 0 Å². The van der Waals surface area contributed by atoms with Crippen LogP contribution in [-0.4, -0.2) is 5.75 Å². The Hall–Kier alpha value is -0.710. The number of thioether (sulfide) groups is 1. The van der Waals surface area contributed by atoms with Crippen LogP contribution in [0.2, 0.25) is 0 Å². The van der Waals surface area contributed by atoms with E-state index in [0.717, 1.165) is 17.9 Å². The molecule has 5 heteroatoms. The Bertz CT molecular complexity index is 393. The fraction of sp³-hybridized carbons (Fsp3) is 0.400. The normalized spacial score (nSPS) is 25.4. The summed E-state index contributed by atoms with van der Waals surface area (Å²) in [6.07, 6.45) is -4.62. The molecule has 1 aromatic rings.